The molecule has 0 amide bonds. The summed E-state index contributed by atoms with van der Waals surface area (Å²) in [6.45, 7) is 0.592. The van der Waals surface area contributed by atoms with Gasteiger partial charge in [-0.1, -0.05) is 18.2 Å². The minimum absolute atomic E-state index is 0.165. The molecule has 1 rings (SSSR count). The lowest BCUT2D eigenvalue weighted by Crippen LogP contribution is -2.40. The Morgan fingerprint density at radius 1 is 1.37 bits per heavy atom. The number of rotatable bonds is 8. The van der Waals surface area contributed by atoms with Crippen LogP contribution >= 0.6 is 0 Å². The van der Waals surface area contributed by atoms with Gasteiger partial charge in [0.2, 0.25) is 0 Å². The van der Waals surface area contributed by atoms with Crippen molar-refractivity contribution >= 4 is 10.2 Å². The lowest BCUT2D eigenvalue weighted by atomic mass is 10.3. The maximum atomic E-state index is 11.7. The van der Waals surface area contributed by atoms with Gasteiger partial charge in [-0.05, 0) is 12.1 Å². The van der Waals surface area contributed by atoms with Gasteiger partial charge in [0.05, 0.1) is 6.07 Å². The Morgan fingerprint density at radius 3 is 2.68 bits per heavy atom. The molecule has 1 aromatic carbocycles. The highest BCUT2D eigenvalue weighted by Crippen LogP contribution is 2.07. The van der Waals surface area contributed by atoms with E-state index in [0.29, 0.717) is 5.75 Å². The van der Waals surface area contributed by atoms with Crippen LogP contribution in [0, 0.1) is 11.3 Å². The highest BCUT2D eigenvalue weighted by Gasteiger charge is 2.15. The standard InChI is InChI=1S/C12H17N3O3S/c1-15(10-5-8-13)19(16,17)14-9-11-18-12-6-3-2-4-7-12/h2-4,6-7,14H,5,9-11H2,1H3. The summed E-state index contributed by atoms with van der Waals surface area (Å²) >= 11 is 0. The molecule has 6 nitrogen and oxygen atoms in total. The summed E-state index contributed by atoms with van der Waals surface area (Å²) in [5, 5.41) is 8.41. The number of nitrogens with zero attached hydrogens (tertiary/aromatic N) is 2. The molecule has 0 fully saturated rings. The van der Waals surface area contributed by atoms with E-state index in [1.54, 1.807) is 12.1 Å². The Balaban J connectivity index is 2.30. The molecule has 0 aliphatic rings. The van der Waals surface area contributed by atoms with Crippen LogP contribution in [-0.4, -0.2) is 39.5 Å². The molecule has 0 atom stereocenters. The molecule has 104 valence electrons. The highest BCUT2D eigenvalue weighted by molar-refractivity contribution is 7.87. The van der Waals surface area contributed by atoms with Crippen LogP contribution in [0.3, 0.4) is 0 Å². The maximum Gasteiger partial charge on any atom is 0.279 e. The molecular formula is C12H17N3O3S. The van der Waals surface area contributed by atoms with E-state index in [-0.39, 0.29) is 26.1 Å². The molecule has 0 saturated heterocycles. The van der Waals surface area contributed by atoms with Gasteiger partial charge in [0, 0.05) is 26.6 Å². The minimum atomic E-state index is -3.53. The van der Waals surface area contributed by atoms with E-state index in [4.69, 9.17) is 10.00 Å². The largest absolute Gasteiger partial charge is 0.492 e. The van der Waals surface area contributed by atoms with Crippen LogP contribution in [0.1, 0.15) is 6.42 Å². The van der Waals surface area contributed by atoms with Crippen molar-refractivity contribution in [3.05, 3.63) is 30.3 Å². The molecular weight excluding hydrogens is 266 g/mol. The van der Waals surface area contributed by atoms with Crippen molar-refractivity contribution in [1.82, 2.24) is 9.03 Å². The van der Waals surface area contributed by atoms with E-state index in [1.165, 1.54) is 7.05 Å². The summed E-state index contributed by atoms with van der Waals surface area (Å²) in [5.74, 6) is 0.694. The van der Waals surface area contributed by atoms with E-state index in [1.807, 2.05) is 24.3 Å². The number of nitrogens with one attached hydrogen (secondary N) is 1. The molecule has 0 aliphatic carbocycles. The van der Waals surface area contributed by atoms with Gasteiger partial charge in [0.25, 0.3) is 10.2 Å². The summed E-state index contributed by atoms with van der Waals surface area (Å²) in [5.41, 5.74) is 0. The van der Waals surface area contributed by atoms with Gasteiger partial charge in [0.1, 0.15) is 12.4 Å². The number of para-hydroxylation sites is 1. The average Bonchev–Trinajstić information content (AvgIpc) is 2.42. The van der Waals surface area contributed by atoms with Crippen LogP contribution in [0.5, 0.6) is 5.75 Å². The fourth-order valence-corrected chi connectivity index (χ4v) is 2.19. The van der Waals surface area contributed by atoms with E-state index in [0.717, 1.165) is 4.31 Å². The Hall–Kier alpha value is -1.62. The normalized spacial score (nSPS) is 11.2. The van der Waals surface area contributed by atoms with E-state index in [9.17, 15) is 8.42 Å². The Kier molecular flexibility index (Phi) is 6.29. The smallest absolute Gasteiger partial charge is 0.279 e. The van der Waals surface area contributed by atoms with Crippen molar-refractivity contribution < 1.29 is 13.2 Å². The number of nitriles is 1. The van der Waals surface area contributed by atoms with Crippen molar-refractivity contribution in [1.29, 1.82) is 5.26 Å². The van der Waals surface area contributed by atoms with Crippen molar-refractivity contribution in [3.8, 4) is 11.8 Å². The van der Waals surface area contributed by atoms with Crippen molar-refractivity contribution in [2.24, 2.45) is 0 Å². The molecule has 0 aliphatic heterocycles. The SMILES string of the molecule is CN(CCC#N)S(=O)(=O)NCCOc1ccccc1. The summed E-state index contributed by atoms with van der Waals surface area (Å²) in [4.78, 5) is 0. The lowest BCUT2D eigenvalue weighted by molar-refractivity contribution is 0.321. The van der Waals surface area contributed by atoms with Crippen molar-refractivity contribution in [3.63, 3.8) is 0 Å². The van der Waals surface area contributed by atoms with Crippen molar-refractivity contribution in [2.75, 3.05) is 26.7 Å². The Labute approximate surface area is 113 Å². The molecule has 1 aromatic rings. The molecule has 0 radical (unpaired) electrons. The predicted octanol–water partition coefficient (Wildman–Crippen LogP) is 0.745. The third kappa shape index (κ3) is 5.70. The van der Waals surface area contributed by atoms with Crippen LogP contribution in [0.2, 0.25) is 0 Å². The van der Waals surface area contributed by atoms with Crippen LogP contribution in [0.25, 0.3) is 0 Å². The number of hydrogen-bond acceptors (Lipinski definition) is 4. The first-order chi connectivity index (χ1) is 9.06. The van der Waals surface area contributed by atoms with Crippen LogP contribution in [-0.2, 0) is 10.2 Å². The predicted molar refractivity (Wildman–Crippen MR) is 71.7 cm³/mol. The fourth-order valence-electron chi connectivity index (χ4n) is 1.29. The molecule has 0 unspecified atom stereocenters. The topological polar surface area (TPSA) is 82.4 Å². The van der Waals surface area contributed by atoms with Gasteiger partial charge in [0.15, 0.2) is 0 Å². The van der Waals surface area contributed by atoms with Gasteiger partial charge >= 0.3 is 0 Å². The quantitative estimate of drug-likeness (QED) is 0.714. The zero-order valence-corrected chi connectivity index (χ0v) is 11.6. The molecule has 0 spiro atoms. The van der Waals surface area contributed by atoms with E-state index >= 15 is 0 Å². The Morgan fingerprint density at radius 2 is 2.05 bits per heavy atom. The summed E-state index contributed by atoms with van der Waals surface area (Å²) in [6.07, 6.45) is 0.165. The van der Waals surface area contributed by atoms with Crippen LogP contribution in [0.15, 0.2) is 30.3 Å². The number of hydrogen-bond donors (Lipinski definition) is 1. The fraction of sp³-hybridized carbons (Fsp3) is 0.417. The first-order valence-electron chi connectivity index (χ1n) is 5.82. The molecule has 19 heavy (non-hydrogen) atoms. The third-order valence-corrected chi connectivity index (χ3v) is 3.92. The average molecular weight is 283 g/mol. The third-order valence-electron chi connectivity index (χ3n) is 2.35. The second kappa shape index (κ2) is 7.74. The lowest BCUT2D eigenvalue weighted by Gasteiger charge is -2.16. The second-order valence-corrected chi connectivity index (χ2v) is 5.65. The first-order valence-corrected chi connectivity index (χ1v) is 7.26. The molecule has 0 aromatic heterocycles. The molecule has 1 N–H and O–H groups in total. The van der Waals surface area contributed by atoms with Crippen LogP contribution in [0.4, 0.5) is 0 Å². The number of ether oxygens (including phenoxy) is 1. The molecule has 0 saturated carbocycles. The number of benzene rings is 1. The van der Waals surface area contributed by atoms with Gasteiger partial charge in [-0.25, -0.2) is 0 Å². The monoisotopic (exact) mass is 283 g/mol. The summed E-state index contributed by atoms with van der Waals surface area (Å²) < 4.78 is 32.3. The van der Waals surface area contributed by atoms with E-state index < -0.39 is 10.2 Å². The zero-order chi connectivity index (χ0) is 14.1. The maximum absolute atomic E-state index is 11.7. The molecule has 0 bridgehead atoms. The van der Waals surface area contributed by atoms with Gasteiger partial charge < -0.3 is 4.74 Å². The van der Waals surface area contributed by atoms with Gasteiger partial charge in [-0.15, -0.1) is 0 Å². The summed E-state index contributed by atoms with van der Waals surface area (Å²) in [7, 11) is -2.11. The van der Waals surface area contributed by atoms with Crippen LogP contribution < -0.4 is 9.46 Å². The van der Waals surface area contributed by atoms with Gasteiger partial charge in [-0.3, -0.25) is 0 Å². The van der Waals surface area contributed by atoms with Crippen molar-refractivity contribution in [2.45, 2.75) is 6.42 Å². The van der Waals surface area contributed by atoms with Gasteiger partial charge in [-0.2, -0.15) is 22.7 Å². The molecule has 0 heterocycles. The van der Waals surface area contributed by atoms with E-state index in [2.05, 4.69) is 4.72 Å². The second-order valence-electron chi connectivity index (χ2n) is 3.79. The highest BCUT2D eigenvalue weighted by atomic mass is 32.2. The molecule has 7 heteroatoms. The Bertz CT molecular complexity index is 511. The first kappa shape index (κ1) is 15.4. The minimum Gasteiger partial charge on any atom is -0.492 e. The summed E-state index contributed by atoms with van der Waals surface area (Å²) in [6, 6.07) is 11.1. The zero-order valence-electron chi connectivity index (χ0n) is 10.7.